The molecule has 17 heavy (non-hydrogen) atoms. The van der Waals surface area contributed by atoms with Crippen LogP contribution in [0.3, 0.4) is 0 Å². The molecule has 0 aliphatic heterocycles. The van der Waals surface area contributed by atoms with Crippen LogP contribution in [0.5, 0.6) is 0 Å². The quantitative estimate of drug-likeness (QED) is 0.149. The Morgan fingerprint density at radius 1 is 1.24 bits per heavy atom. The van der Waals surface area contributed by atoms with Crippen LogP contribution in [0.1, 0.15) is 19.3 Å². The topological polar surface area (TPSA) is 201 Å². The van der Waals surface area contributed by atoms with Gasteiger partial charge in [-0.2, -0.15) is 0 Å². The number of unbranched alkanes of at least 4 members (excludes halogenated alkanes) is 1. The molecule has 0 aliphatic rings. The molecule has 0 bridgehead atoms. The lowest BCUT2D eigenvalue weighted by atomic mass is 10.1. The van der Waals surface area contributed by atoms with Crippen molar-refractivity contribution in [1.82, 2.24) is 5.32 Å². The highest BCUT2D eigenvalue weighted by molar-refractivity contribution is 5.74. The number of nitrogens with two attached hydrogens (primary N) is 4. The van der Waals surface area contributed by atoms with Gasteiger partial charge in [0.05, 0.1) is 0 Å². The molecule has 9 heteroatoms. The van der Waals surface area contributed by atoms with Crippen LogP contribution >= 0.6 is 0 Å². The molecule has 1 atom stereocenters. The molecule has 12 N–H and O–H groups in total. The molecular weight excluding hydrogens is 226 g/mol. The first-order valence-corrected chi connectivity index (χ1v) is 4.93. The van der Waals surface area contributed by atoms with Crippen LogP contribution in [0.2, 0.25) is 0 Å². The number of hydrogen-bond acceptors (Lipinski definition) is 4. The van der Waals surface area contributed by atoms with Crippen molar-refractivity contribution in [1.29, 1.82) is 10.8 Å². The lowest BCUT2D eigenvalue weighted by Gasteiger charge is -2.06. The summed E-state index contributed by atoms with van der Waals surface area (Å²) in [6, 6.07) is -0.780. The average molecular weight is 247 g/mol. The molecule has 0 radical (unpaired) electrons. The van der Waals surface area contributed by atoms with Crippen molar-refractivity contribution in [3.63, 3.8) is 0 Å². The molecule has 0 aromatic carbocycles. The van der Waals surface area contributed by atoms with E-state index in [2.05, 4.69) is 16.8 Å². The van der Waals surface area contributed by atoms with Gasteiger partial charge in [-0.1, -0.05) is 0 Å². The van der Waals surface area contributed by atoms with Gasteiger partial charge in [0, 0.05) is 6.54 Å². The highest BCUT2D eigenvalue weighted by Gasteiger charge is 2.09. The molecule has 0 spiro atoms. The Labute approximate surface area is 99.5 Å². The van der Waals surface area contributed by atoms with Gasteiger partial charge in [-0.25, -0.2) is 0 Å². The number of rotatable bonds is 6. The second-order valence-electron chi connectivity index (χ2n) is 3.24. The number of aliphatic carboxylic acids is 1. The monoisotopic (exact) mass is 247 g/mol. The molecule has 0 aromatic heterocycles. The summed E-state index contributed by atoms with van der Waals surface area (Å²) in [5, 5.41) is 23.9. The maximum atomic E-state index is 10.3. The largest absolute Gasteiger partial charge is 0.480 e. The fourth-order valence-corrected chi connectivity index (χ4v) is 0.836. The summed E-state index contributed by atoms with van der Waals surface area (Å²) in [6.07, 6.45) is 1.93. The Kier molecular flexibility index (Phi) is 10.7. The van der Waals surface area contributed by atoms with Gasteiger partial charge in [0.2, 0.25) is 0 Å². The van der Waals surface area contributed by atoms with Crippen molar-refractivity contribution >= 4 is 17.9 Å². The fraction of sp³-hybridized carbons (Fsp3) is 0.625. The summed E-state index contributed by atoms with van der Waals surface area (Å²) in [5.41, 5.74) is 19.3. The number of carboxylic acids is 1. The minimum absolute atomic E-state index is 0.0671. The zero-order valence-corrected chi connectivity index (χ0v) is 9.57. The standard InChI is InChI=1S/C7H16N4O2.CH5N3/c8-5(6(12)13)3-1-2-4-11-7(9)10;2-1(3)4/h5H,1-4,8H2,(H,12,13)(H4,9,10,11);(H5,2,3,4)/t5-;/m0./s1. The summed E-state index contributed by atoms with van der Waals surface area (Å²) in [5.74, 6) is -1.37. The Morgan fingerprint density at radius 3 is 2.06 bits per heavy atom. The van der Waals surface area contributed by atoms with Crippen LogP contribution in [-0.4, -0.2) is 35.6 Å². The van der Waals surface area contributed by atoms with Crippen molar-refractivity contribution in [2.45, 2.75) is 25.3 Å². The summed E-state index contributed by atoms with van der Waals surface area (Å²) in [7, 11) is 0. The van der Waals surface area contributed by atoms with Crippen molar-refractivity contribution in [3.8, 4) is 0 Å². The van der Waals surface area contributed by atoms with Crippen molar-refractivity contribution in [2.24, 2.45) is 22.9 Å². The van der Waals surface area contributed by atoms with E-state index in [0.29, 0.717) is 19.4 Å². The average Bonchev–Trinajstić information content (AvgIpc) is 2.15. The van der Waals surface area contributed by atoms with Gasteiger partial charge in [-0.05, 0) is 19.3 Å². The molecule has 0 amide bonds. The molecule has 0 saturated heterocycles. The molecule has 0 fully saturated rings. The predicted octanol–water partition coefficient (Wildman–Crippen LogP) is -2.11. The second kappa shape index (κ2) is 10.5. The Bertz CT molecular complexity index is 252. The number of hydrogen-bond donors (Lipinski definition) is 8. The number of nitrogens with one attached hydrogen (secondary N) is 3. The third-order valence-electron chi connectivity index (χ3n) is 1.57. The van der Waals surface area contributed by atoms with E-state index in [1.54, 1.807) is 0 Å². The molecular formula is C8H21N7O2. The predicted molar refractivity (Wildman–Crippen MR) is 65.5 cm³/mol. The normalized spacial score (nSPS) is 10.6. The van der Waals surface area contributed by atoms with Gasteiger partial charge in [-0.15, -0.1) is 0 Å². The zero-order valence-electron chi connectivity index (χ0n) is 9.57. The summed E-state index contributed by atoms with van der Waals surface area (Å²) in [4.78, 5) is 10.3. The van der Waals surface area contributed by atoms with E-state index >= 15 is 0 Å². The van der Waals surface area contributed by atoms with Gasteiger partial charge in [0.1, 0.15) is 6.04 Å². The molecule has 0 aromatic rings. The minimum Gasteiger partial charge on any atom is -0.480 e. The van der Waals surface area contributed by atoms with Crippen LogP contribution < -0.4 is 28.3 Å². The molecule has 0 saturated carbocycles. The van der Waals surface area contributed by atoms with E-state index in [0.717, 1.165) is 6.42 Å². The first-order valence-electron chi connectivity index (χ1n) is 4.93. The summed E-state index contributed by atoms with van der Waals surface area (Å²) >= 11 is 0. The van der Waals surface area contributed by atoms with E-state index < -0.39 is 12.0 Å². The highest BCUT2D eigenvalue weighted by atomic mass is 16.4. The maximum absolute atomic E-state index is 10.3. The van der Waals surface area contributed by atoms with Crippen LogP contribution in [-0.2, 0) is 4.79 Å². The number of guanidine groups is 2. The molecule has 9 nitrogen and oxygen atoms in total. The van der Waals surface area contributed by atoms with Crippen molar-refractivity contribution in [3.05, 3.63) is 0 Å². The molecule has 0 heterocycles. The smallest absolute Gasteiger partial charge is 0.320 e. The van der Waals surface area contributed by atoms with Crippen LogP contribution in [0, 0.1) is 10.8 Å². The third-order valence-corrected chi connectivity index (χ3v) is 1.57. The van der Waals surface area contributed by atoms with E-state index in [1.165, 1.54) is 0 Å². The van der Waals surface area contributed by atoms with Gasteiger partial charge in [-0.3, -0.25) is 15.6 Å². The van der Waals surface area contributed by atoms with Crippen LogP contribution in [0.4, 0.5) is 0 Å². The minimum atomic E-state index is -0.973. The Morgan fingerprint density at radius 2 is 1.71 bits per heavy atom. The molecule has 0 rings (SSSR count). The van der Waals surface area contributed by atoms with E-state index in [4.69, 9.17) is 27.4 Å². The van der Waals surface area contributed by atoms with Crippen LogP contribution in [0.15, 0.2) is 0 Å². The first-order chi connectivity index (χ1) is 7.77. The van der Waals surface area contributed by atoms with Crippen molar-refractivity contribution < 1.29 is 9.90 Å². The fourth-order valence-electron chi connectivity index (χ4n) is 0.836. The van der Waals surface area contributed by atoms with Crippen LogP contribution in [0.25, 0.3) is 0 Å². The van der Waals surface area contributed by atoms with Gasteiger partial charge in [0.25, 0.3) is 0 Å². The van der Waals surface area contributed by atoms with E-state index in [-0.39, 0.29) is 11.9 Å². The molecule has 0 unspecified atom stereocenters. The van der Waals surface area contributed by atoms with Gasteiger partial charge in [0.15, 0.2) is 11.9 Å². The summed E-state index contributed by atoms with van der Waals surface area (Å²) in [6.45, 7) is 0.585. The highest BCUT2D eigenvalue weighted by Crippen LogP contribution is 1.97. The Balaban J connectivity index is 0. The van der Waals surface area contributed by atoms with Crippen molar-refractivity contribution in [2.75, 3.05) is 6.54 Å². The SMILES string of the molecule is N=C(N)N.N=C(N)NCCCC[C@H](N)C(=O)O. The molecule has 0 aliphatic carbocycles. The van der Waals surface area contributed by atoms with E-state index in [9.17, 15) is 4.79 Å². The molecule has 100 valence electrons. The Hall–Kier alpha value is -2.03. The number of carboxylic acid groups (broad SMARTS) is 1. The van der Waals surface area contributed by atoms with Gasteiger partial charge < -0.3 is 33.4 Å². The van der Waals surface area contributed by atoms with Gasteiger partial charge >= 0.3 is 5.97 Å². The first kappa shape index (κ1) is 17.4. The lowest BCUT2D eigenvalue weighted by Crippen LogP contribution is -2.32. The van der Waals surface area contributed by atoms with E-state index in [1.807, 2.05) is 0 Å². The second-order valence-corrected chi connectivity index (χ2v) is 3.24. The summed E-state index contributed by atoms with van der Waals surface area (Å²) < 4.78 is 0. The lowest BCUT2D eigenvalue weighted by molar-refractivity contribution is -0.138. The third kappa shape index (κ3) is 20.1. The number of carbonyl (C=O) groups is 1. The maximum Gasteiger partial charge on any atom is 0.320 e. The zero-order chi connectivity index (χ0) is 13.8.